The molecule has 2 fully saturated rings. The minimum Gasteiger partial charge on any atom is -0.472 e. The van der Waals surface area contributed by atoms with Crippen LogP contribution in [0.5, 0.6) is 0 Å². The van der Waals surface area contributed by atoms with Gasteiger partial charge in [-0.25, -0.2) is 0 Å². The van der Waals surface area contributed by atoms with Crippen molar-refractivity contribution in [2.75, 3.05) is 19.6 Å². The molecule has 2 aromatic heterocycles. The van der Waals surface area contributed by atoms with Crippen LogP contribution in [0, 0.1) is 5.92 Å². The van der Waals surface area contributed by atoms with Crippen molar-refractivity contribution in [3.8, 4) is 0 Å². The van der Waals surface area contributed by atoms with Crippen molar-refractivity contribution in [3.63, 3.8) is 0 Å². The van der Waals surface area contributed by atoms with E-state index in [0.717, 1.165) is 32.2 Å². The van der Waals surface area contributed by atoms with Gasteiger partial charge in [-0.3, -0.25) is 9.59 Å². The summed E-state index contributed by atoms with van der Waals surface area (Å²) in [5.41, 5.74) is 1.81. The van der Waals surface area contributed by atoms with Gasteiger partial charge in [-0.2, -0.15) is 11.3 Å². The van der Waals surface area contributed by atoms with Crippen molar-refractivity contribution in [1.29, 1.82) is 0 Å². The summed E-state index contributed by atoms with van der Waals surface area (Å²) in [6.07, 6.45) is 6.80. The van der Waals surface area contributed by atoms with E-state index in [0.29, 0.717) is 18.7 Å². The molecule has 0 radical (unpaired) electrons. The number of rotatable bonds is 3. The normalized spacial score (nSPS) is 23.8. The molecule has 0 N–H and O–H groups in total. The average molecular weight is 358 g/mol. The van der Waals surface area contributed by atoms with E-state index in [-0.39, 0.29) is 23.8 Å². The molecular formula is C19H22N2O3S. The zero-order valence-electron chi connectivity index (χ0n) is 14.1. The third kappa shape index (κ3) is 3.23. The Morgan fingerprint density at radius 1 is 1.16 bits per heavy atom. The molecule has 2 atom stereocenters. The highest BCUT2D eigenvalue weighted by Gasteiger charge is 2.37. The summed E-state index contributed by atoms with van der Waals surface area (Å²) in [5.74, 6) is 0.0734. The van der Waals surface area contributed by atoms with Gasteiger partial charge in [0.15, 0.2) is 0 Å². The number of furan rings is 1. The number of amides is 2. The van der Waals surface area contributed by atoms with Crippen LogP contribution in [0.25, 0.3) is 0 Å². The smallest absolute Gasteiger partial charge is 0.257 e. The summed E-state index contributed by atoms with van der Waals surface area (Å²) >= 11 is 1.68. The molecule has 4 heterocycles. The van der Waals surface area contributed by atoms with E-state index in [4.69, 9.17) is 4.42 Å². The molecule has 0 bridgehead atoms. The van der Waals surface area contributed by atoms with E-state index >= 15 is 0 Å². The van der Waals surface area contributed by atoms with Gasteiger partial charge < -0.3 is 14.2 Å². The van der Waals surface area contributed by atoms with Gasteiger partial charge in [-0.05, 0) is 54.1 Å². The Morgan fingerprint density at radius 3 is 2.80 bits per heavy atom. The van der Waals surface area contributed by atoms with E-state index in [9.17, 15) is 9.59 Å². The Hall–Kier alpha value is -2.08. The van der Waals surface area contributed by atoms with Gasteiger partial charge in [0.2, 0.25) is 5.91 Å². The van der Waals surface area contributed by atoms with Gasteiger partial charge >= 0.3 is 0 Å². The maximum Gasteiger partial charge on any atom is 0.257 e. The van der Waals surface area contributed by atoms with Crippen LogP contribution in [0.3, 0.4) is 0 Å². The molecule has 2 aliphatic rings. The lowest BCUT2D eigenvalue weighted by Gasteiger charge is -2.35. The summed E-state index contributed by atoms with van der Waals surface area (Å²) in [5, 5.41) is 4.22. The molecule has 25 heavy (non-hydrogen) atoms. The van der Waals surface area contributed by atoms with Crippen LogP contribution in [-0.2, 0) is 4.79 Å². The fourth-order valence-electron chi connectivity index (χ4n) is 4.01. The molecule has 0 aliphatic carbocycles. The first-order valence-electron chi connectivity index (χ1n) is 8.88. The number of hydrogen-bond acceptors (Lipinski definition) is 4. The predicted octanol–water partition coefficient (Wildman–Crippen LogP) is 3.56. The lowest BCUT2D eigenvalue weighted by Crippen LogP contribution is -2.46. The third-order valence-corrected chi connectivity index (χ3v) is 5.99. The largest absolute Gasteiger partial charge is 0.472 e. The fourth-order valence-corrected chi connectivity index (χ4v) is 4.72. The third-order valence-electron chi connectivity index (χ3n) is 5.29. The molecule has 6 heteroatoms. The standard InChI is InChI=1S/C19H22N2O3S/c22-18(15-5-9-24-12-15)20-7-1-3-14(11-20)19(23)21-8-2-4-17(21)16-6-10-25-13-16/h5-6,9-10,12-14,17H,1-4,7-8,11H2. The second-order valence-electron chi connectivity index (χ2n) is 6.85. The minimum atomic E-state index is -0.0937. The highest BCUT2D eigenvalue weighted by molar-refractivity contribution is 7.08. The summed E-state index contributed by atoms with van der Waals surface area (Å²) < 4.78 is 5.02. The highest BCUT2D eigenvalue weighted by atomic mass is 32.1. The maximum atomic E-state index is 13.1. The quantitative estimate of drug-likeness (QED) is 0.843. The van der Waals surface area contributed by atoms with Gasteiger partial charge in [0.05, 0.1) is 23.8 Å². The Kier molecular flexibility index (Phi) is 4.61. The fraction of sp³-hybridized carbons (Fsp3) is 0.474. The van der Waals surface area contributed by atoms with Crippen LogP contribution in [0.15, 0.2) is 39.8 Å². The Balaban J connectivity index is 1.45. The predicted molar refractivity (Wildman–Crippen MR) is 95.3 cm³/mol. The van der Waals surface area contributed by atoms with Crippen molar-refractivity contribution in [2.24, 2.45) is 5.92 Å². The summed E-state index contributed by atoms with van der Waals surface area (Å²) in [4.78, 5) is 29.5. The molecular weight excluding hydrogens is 336 g/mol. The SMILES string of the molecule is O=C(c1ccoc1)N1CCCC(C(=O)N2CCCC2c2ccsc2)C1. The molecule has 0 aromatic carbocycles. The molecule has 0 spiro atoms. The molecule has 2 aromatic rings. The Labute approximate surface area is 151 Å². The minimum absolute atomic E-state index is 0.0398. The first-order valence-corrected chi connectivity index (χ1v) is 9.82. The van der Waals surface area contributed by atoms with E-state index < -0.39 is 0 Å². The van der Waals surface area contributed by atoms with E-state index in [1.807, 2.05) is 4.90 Å². The average Bonchev–Trinajstić information content (AvgIpc) is 3.42. The van der Waals surface area contributed by atoms with Crippen molar-refractivity contribution in [2.45, 2.75) is 31.7 Å². The summed E-state index contributed by atoms with van der Waals surface area (Å²) in [7, 11) is 0. The highest BCUT2D eigenvalue weighted by Crippen LogP contribution is 2.35. The van der Waals surface area contributed by atoms with Gasteiger partial charge in [0.1, 0.15) is 6.26 Å². The molecule has 4 rings (SSSR count). The zero-order chi connectivity index (χ0) is 17.2. The van der Waals surface area contributed by atoms with Gasteiger partial charge in [-0.15, -0.1) is 0 Å². The van der Waals surface area contributed by atoms with Crippen molar-refractivity contribution < 1.29 is 14.0 Å². The number of carbonyl (C=O) groups excluding carboxylic acids is 2. The van der Waals surface area contributed by atoms with Crippen molar-refractivity contribution in [3.05, 3.63) is 46.5 Å². The van der Waals surface area contributed by atoms with E-state index in [2.05, 4.69) is 16.8 Å². The molecule has 2 unspecified atom stereocenters. The number of hydrogen-bond donors (Lipinski definition) is 0. The molecule has 5 nitrogen and oxygen atoms in total. The van der Waals surface area contributed by atoms with Gasteiger partial charge in [-0.1, -0.05) is 0 Å². The van der Waals surface area contributed by atoms with Crippen LogP contribution in [0.4, 0.5) is 0 Å². The molecule has 2 amide bonds. The molecule has 2 saturated heterocycles. The molecule has 0 saturated carbocycles. The maximum absolute atomic E-state index is 13.1. The van der Waals surface area contributed by atoms with Crippen LogP contribution >= 0.6 is 11.3 Å². The van der Waals surface area contributed by atoms with E-state index in [1.54, 1.807) is 22.3 Å². The lowest BCUT2D eigenvalue weighted by atomic mass is 9.95. The van der Waals surface area contributed by atoms with E-state index in [1.165, 1.54) is 18.1 Å². The monoisotopic (exact) mass is 358 g/mol. The second-order valence-corrected chi connectivity index (χ2v) is 7.63. The zero-order valence-corrected chi connectivity index (χ0v) is 14.9. The second kappa shape index (κ2) is 7.04. The first kappa shape index (κ1) is 16.4. The topological polar surface area (TPSA) is 53.8 Å². The van der Waals surface area contributed by atoms with Crippen molar-refractivity contribution in [1.82, 2.24) is 9.80 Å². The number of likely N-dealkylation sites (tertiary alicyclic amines) is 2. The van der Waals surface area contributed by atoms with Crippen LogP contribution in [-0.4, -0.2) is 41.2 Å². The van der Waals surface area contributed by atoms with Crippen LogP contribution in [0.1, 0.15) is 47.6 Å². The first-order chi connectivity index (χ1) is 12.2. The summed E-state index contributed by atoms with van der Waals surface area (Å²) in [6.45, 7) is 2.04. The molecule has 2 aliphatic heterocycles. The summed E-state index contributed by atoms with van der Waals surface area (Å²) in [6, 6.07) is 4.01. The van der Waals surface area contributed by atoms with Crippen LogP contribution in [0.2, 0.25) is 0 Å². The number of nitrogens with zero attached hydrogens (tertiary/aromatic N) is 2. The number of piperidine rings is 1. The lowest BCUT2D eigenvalue weighted by molar-refractivity contribution is -0.137. The molecule has 132 valence electrons. The van der Waals surface area contributed by atoms with Crippen LogP contribution < -0.4 is 0 Å². The van der Waals surface area contributed by atoms with Crippen molar-refractivity contribution >= 4 is 23.2 Å². The van der Waals surface area contributed by atoms with Gasteiger partial charge in [0.25, 0.3) is 5.91 Å². The Bertz CT molecular complexity index is 726. The van der Waals surface area contributed by atoms with Gasteiger partial charge in [0, 0.05) is 19.6 Å². The number of carbonyl (C=O) groups is 2. The number of thiophene rings is 1. The Morgan fingerprint density at radius 2 is 2.04 bits per heavy atom.